The fourth-order valence-electron chi connectivity index (χ4n) is 3.19. The Morgan fingerprint density at radius 3 is 2.69 bits per heavy atom. The number of hydrogen-bond acceptors (Lipinski definition) is 5. The van der Waals surface area contributed by atoms with Crippen LogP contribution in [0.15, 0.2) is 63.9 Å². The summed E-state index contributed by atoms with van der Waals surface area (Å²) in [6, 6.07) is 15.8. The van der Waals surface area contributed by atoms with Crippen molar-refractivity contribution in [2.45, 2.75) is 24.6 Å². The summed E-state index contributed by atoms with van der Waals surface area (Å²) in [5.74, 6) is -0.221. The number of nitrogens with zero attached hydrogens (tertiary/aromatic N) is 1. The number of thiazole rings is 1. The highest BCUT2D eigenvalue weighted by Crippen LogP contribution is 2.43. The second-order valence-electron chi connectivity index (χ2n) is 6.75. The third-order valence-corrected chi connectivity index (χ3v) is 6.76. The zero-order valence-corrected chi connectivity index (χ0v) is 16.1. The summed E-state index contributed by atoms with van der Waals surface area (Å²) >= 11 is 2.84. The molecule has 0 fully saturated rings. The van der Waals surface area contributed by atoms with Gasteiger partial charge in [0.25, 0.3) is 0 Å². The molecule has 0 radical (unpaired) electrons. The van der Waals surface area contributed by atoms with Gasteiger partial charge in [-0.25, -0.2) is 4.98 Å². The Labute approximate surface area is 160 Å². The van der Waals surface area contributed by atoms with Gasteiger partial charge in [-0.15, -0.1) is 11.3 Å². The van der Waals surface area contributed by atoms with Gasteiger partial charge in [-0.1, -0.05) is 53.7 Å². The first kappa shape index (κ1) is 17.2. The second-order valence-corrected chi connectivity index (χ2v) is 9.07. The molecule has 0 saturated carbocycles. The van der Waals surface area contributed by atoms with Crippen LogP contribution in [0.2, 0.25) is 0 Å². The molecule has 4 rings (SSSR count). The Bertz CT molecular complexity index is 1030. The van der Waals surface area contributed by atoms with Crippen molar-refractivity contribution in [2.75, 3.05) is 0 Å². The maximum absolute atomic E-state index is 13.0. The van der Waals surface area contributed by atoms with Crippen molar-refractivity contribution in [1.82, 2.24) is 4.98 Å². The molecule has 1 aliphatic rings. The Morgan fingerprint density at radius 1 is 1.12 bits per heavy atom. The summed E-state index contributed by atoms with van der Waals surface area (Å²) in [4.78, 5) is 30.7. The molecule has 3 aromatic rings. The minimum absolute atomic E-state index is 0.103. The van der Waals surface area contributed by atoms with E-state index in [1.165, 1.54) is 17.8 Å². The first-order valence-electron chi connectivity index (χ1n) is 8.36. The van der Waals surface area contributed by atoms with E-state index in [-0.39, 0.29) is 11.6 Å². The van der Waals surface area contributed by atoms with E-state index in [9.17, 15) is 9.59 Å². The number of carbonyl (C=O) groups is 2. The van der Waals surface area contributed by atoms with E-state index >= 15 is 0 Å². The van der Waals surface area contributed by atoms with Crippen molar-refractivity contribution in [3.05, 3.63) is 70.6 Å². The summed E-state index contributed by atoms with van der Waals surface area (Å²) in [7, 11) is 0. The Balaban J connectivity index is 1.58. The molecule has 0 unspecified atom stereocenters. The van der Waals surface area contributed by atoms with Gasteiger partial charge in [-0.05, 0) is 44.0 Å². The first-order valence-corrected chi connectivity index (χ1v) is 9.99. The van der Waals surface area contributed by atoms with Crippen LogP contribution in [0.5, 0.6) is 0 Å². The highest BCUT2D eigenvalue weighted by Gasteiger charge is 2.46. The maximum atomic E-state index is 13.0. The van der Waals surface area contributed by atoms with Crippen LogP contribution < -0.4 is 0 Å². The lowest BCUT2D eigenvalue weighted by Crippen LogP contribution is -2.33. The normalized spacial score (nSPS) is 20.0. The van der Waals surface area contributed by atoms with Crippen LogP contribution in [0, 0.1) is 12.3 Å². The van der Waals surface area contributed by atoms with Gasteiger partial charge < -0.3 is 0 Å². The minimum Gasteiger partial charge on any atom is -0.294 e. The monoisotopic (exact) mass is 379 g/mol. The molecule has 0 N–H and O–H groups in total. The SMILES string of the molecule is Cc1cccc(C[C@]2(C)C(=O)C=C(Sc3nc4ccccc4s3)C2=O)c1. The first-order chi connectivity index (χ1) is 12.5. The van der Waals surface area contributed by atoms with E-state index in [1.54, 1.807) is 18.3 Å². The van der Waals surface area contributed by atoms with Crippen LogP contribution in [0.4, 0.5) is 0 Å². The number of ketones is 2. The summed E-state index contributed by atoms with van der Waals surface area (Å²) in [6.07, 6.45) is 1.92. The number of rotatable bonds is 4. The van der Waals surface area contributed by atoms with E-state index in [2.05, 4.69) is 4.98 Å². The van der Waals surface area contributed by atoms with Gasteiger partial charge in [-0.2, -0.15) is 0 Å². The number of para-hydroxylation sites is 1. The van der Waals surface area contributed by atoms with Gasteiger partial charge in [0.15, 0.2) is 15.9 Å². The number of aryl methyl sites for hydroxylation is 1. The van der Waals surface area contributed by atoms with E-state index in [4.69, 9.17) is 0 Å². The van der Waals surface area contributed by atoms with Gasteiger partial charge >= 0.3 is 0 Å². The van der Waals surface area contributed by atoms with Gasteiger partial charge in [0.05, 0.1) is 20.5 Å². The lowest BCUT2D eigenvalue weighted by molar-refractivity contribution is -0.132. The zero-order chi connectivity index (χ0) is 18.3. The van der Waals surface area contributed by atoms with Crippen LogP contribution in [-0.4, -0.2) is 16.6 Å². The average Bonchev–Trinajstić information content (AvgIpc) is 3.10. The third-order valence-electron chi connectivity index (χ3n) is 4.64. The molecule has 0 saturated heterocycles. The van der Waals surface area contributed by atoms with Crippen molar-refractivity contribution in [3.8, 4) is 0 Å². The van der Waals surface area contributed by atoms with Crippen molar-refractivity contribution in [1.29, 1.82) is 0 Å². The minimum atomic E-state index is -1.02. The maximum Gasteiger partial charge on any atom is 0.183 e. The molecule has 0 bridgehead atoms. The van der Waals surface area contributed by atoms with E-state index in [0.717, 1.165) is 25.7 Å². The zero-order valence-electron chi connectivity index (χ0n) is 14.5. The molecule has 1 aromatic heterocycles. The van der Waals surface area contributed by atoms with Crippen molar-refractivity contribution < 1.29 is 9.59 Å². The fourth-order valence-corrected chi connectivity index (χ4v) is 5.41. The third kappa shape index (κ3) is 3.02. The predicted molar refractivity (Wildman–Crippen MR) is 107 cm³/mol. The summed E-state index contributed by atoms with van der Waals surface area (Å²) in [6.45, 7) is 3.76. The van der Waals surface area contributed by atoms with Crippen LogP contribution in [-0.2, 0) is 16.0 Å². The molecule has 1 aliphatic carbocycles. The molecule has 26 heavy (non-hydrogen) atoms. The van der Waals surface area contributed by atoms with Crippen molar-refractivity contribution >= 4 is 44.9 Å². The van der Waals surface area contributed by atoms with E-state index in [1.807, 2.05) is 55.5 Å². The molecule has 0 spiro atoms. The second kappa shape index (κ2) is 6.49. The number of hydrogen-bond donors (Lipinski definition) is 0. The van der Waals surface area contributed by atoms with Crippen LogP contribution in [0.25, 0.3) is 10.2 Å². The van der Waals surface area contributed by atoms with Crippen LogP contribution >= 0.6 is 23.1 Å². The van der Waals surface area contributed by atoms with Crippen molar-refractivity contribution in [2.24, 2.45) is 5.41 Å². The van der Waals surface area contributed by atoms with Crippen LogP contribution in [0.3, 0.4) is 0 Å². The molecule has 1 atom stereocenters. The summed E-state index contributed by atoms with van der Waals surface area (Å²) in [5.41, 5.74) is 2.03. The van der Waals surface area contributed by atoms with Crippen molar-refractivity contribution in [3.63, 3.8) is 0 Å². The summed E-state index contributed by atoms with van der Waals surface area (Å²) < 4.78 is 1.87. The number of aromatic nitrogens is 1. The lowest BCUT2D eigenvalue weighted by Gasteiger charge is -2.21. The largest absolute Gasteiger partial charge is 0.294 e. The molecule has 0 aliphatic heterocycles. The molecular weight excluding hydrogens is 362 g/mol. The highest BCUT2D eigenvalue weighted by atomic mass is 32.2. The molecule has 130 valence electrons. The topological polar surface area (TPSA) is 47.0 Å². The van der Waals surface area contributed by atoms with Gasteiger partial charge in [0.2, 0.25) is 0 Å². The number of carbonyl (C=O) groups excluding carboxylic acids is 2. The summed E-state index contributed by atoms with van der Waals surface area (Å²) in [5, 5.41) is 0. The number of benzene rings is 2. The molecular formula is C21H17NO2S2. The quantitative estimate of drug-likeness (QED) is 0.600. The van der Waals surface area contributed by atoms with Gasteiger partial charge in [0, 0.05) is 0 Å². The molecule has 3 nitrogen and oxygen atoms in total. The highest BCUT2D eigenvalue weighted by molar-refractivity contribution is 8.05. The molecule has 5 heteroatoms. The number of Topliss-reactive ketones (excluding diaryl/α,β-unsaturated/α-hetero) is 1. The number of allylic oxidation sites excluding steroid dienone is 2. The van der Waals surface area contributed by atoms with Gasteiger partial charge in [0.1, 0.15) is 0 Å². The molecule has 0 amide bonds. The number of fused-ring (bicyclic) bond motifs is 1. The van der Waals surface area contributed by atoms with E-state index < -0.39 is 5.41 Å². The predicted octanol–water partition coefficient (Wildman–Crippen LogP) is 4.98. The Morgan fingerprint density at radius 2 is 1.92 bits per heavy atom. The fraction of sp³-hybridized carbons (Fsp3) is 0.190. The Kier molecular flexibility index (Phi) is 4.29. The average molecular weight is 380 g/mol. The standard InChI is InChI=1S/C21H17NO2S2/c1-13-6-5-7-14(10-13)12-21(2)18(23)11-17(19(21)24)26-20-22-15-8-3-4-9-16(15)25-20/h3-11H,12H2,1-2H3/t21-/m1/s1. The van der Waals surface area contributed by atoms with E-state index in [0.29, 0.717) is 11.3 Å². The molecule has 1 heterocycles. The number of thioether (sulfide) groups is 1. The van der Waals surface area contributed by atoms with Crippen LogP contribution in [0.1, 0.15) is 18.1 Å². The molecule has 2 aromatic carbocycles. The Hall–Kier alpha value is -2.24. The lowest BCUT2D eigenvalue weighted by atomic mass is 9.79. The van der Waals surface area contributed by atoms with Gasteiger partial charge in [-0.3, -0.25) is 9.59 Å². The smallest absolute Gasteiger partial charge is 0.183 e.